The Morgan fingerprint density at radius 3 is 2.79 bits per heavy atom. The Labute approximate surface area is 137 Å². The molecule has 1 N–H and O–H groups in total. The molecule has 1 saturated heterocycles. The van der Waals surface area contributed by atoms with Crippen LogP contribution in [-0.2, 0) is 0 Å². The monoisotopic (exact) mass is 393 g/mol. The Bertz CT molecular complexity index is 372. The molecule has 0 saturated carbocycles. The molecule has 0 aromatic carbocycles. The Kier molecular flexibility index (Phi) is 7.75. The van der Waals surface area contributed by atoms with Crippen molar-refractivity contribution in [2.75, 3.05) is 26.2 Å². The SMILES string of the molecule is CCNC(=NCC(C)c1cccs1)N1CCCC1.I. The molecule has 2 heterocycles. The van der Waals surface area contributed by atoms with E-state index in [1.54, 1.807) is 0 Å². The summed E-state index contributed by atoms with van der Waals surface area (Å²) in [6.07, 6.45) is 2.59. The van der Waals surface area contributed by atoms with Gasteiger partial charge in [0.1, 0.15) is 0 Å². The lowest BCUT2D eigenvalue weighted by atomic mass is 10.1. The fraction of sp³-hybridized carbons (Fsp3) is 0.643. The highest BCUT2D eigenvalue weighted by molar-refractivity contribution is 14.0. The predicted octanol–water partition coefficient (Wildman–Crippen LogP) is 3.53. The lowest BCUT2D eigenvalue weighted by molar-refractivity contribution is 0.492. The molecule has 5 heteroatoms. The van der Waals surface area contributed by atoms with Crippen molar-refractivity contribution in [2.24, 2.45) is 4.99 Å². The fourth-order valence-corrected chi connectivity index (χ4v) is 3.02. The molecule has 1 fully saturated rings. The first-order valence-electron chi connectivity index (χ1n) is 6.88. The quantitative estimate of drug-likeness (QED) is 0.482. The van der Waals surface area contributed by atoms with E-state index in [2.05, 4.69) is 41.6 Å². The number of rotatable bonds is 4. The van der Waals surface area contributed by atoms with Gasteiger partial charge in [-0.05, 0) is 31.2 Å². The summed E-state index contributed by atoms with van der Waals surface area (Å²) in [4.78, 5) is 8.60. The van der Waals surface area contributed by atoms with Crippen molar-refractivity contribution in [1.29, 1.82) is 0 Å². The van der Waals surface area contributed by atoms with Crippen LogP contribution in [0.1, 0.15) is 37.5 Å². The third-order valence-corrected chi connectivity index (χ3v) is 4.39. The Morgan fingerprint density at radius 2 is 2.21 bits per heavy atom. The summed E-state index contributed by atoms with van der Waals surface area (Å²) < 4.78 is 0. The van der Waals surface area contributed by atoms with Crippen molar-refractivity contribution in [3.8, 4) is 0 Å². The first-order chi connectivity index (χ1) is 8.81. The highest BCUT2D eigenvalue weighted by atomic mass is 127. The van der Waals surface area contributed by atoms with Gasteiger partial charge >= 0.3 is 0 Å². The van der Waals surface area contributed by atoms with Crippen molar-refractivity contribution in [1.82, 2.24) is 10.2 Å². The van der Waals surface area contributed by atoms with Crippen LogP contribution in [0, 0.1) is 0 Å². The number of thiophene rings is 1. The van der Waals surface area contributed by atoms with Crippen LogP contribution in [0.3, 0.4) is 0 Å². The molecule has 1 aromatic heterocycles. The van der Waals surface area contributed by atoms with Crippen LogP contribution in [0.15, 0.2) is 22.5 Å². The molecule has 2 rings (SSSR count). The van der Waals surface area contributed by atoms with Crippen molar-refractivity contribution >= 4 is 41.3 Å². The molecular weight excluding hydrogens is 369 g/mol. The summed E-state index contributed by atoms with van der Waals surface area (Å²) in [6.45, 7) is 8.51. The normalized spacial score (nSPS) is 17.2. The molecule has 1 aliphatic heterocycles. The zero-order valence-corrected chi connectivity index (χ0v) is 14.9. The summed E-state index contributed by atoms with van der Waals surface area (Å²) in [5.74, 6) is 1.61. The average Bonchev–Trinajstić information content (AvgIpc) is 3.04. The first kappa shape index (κ1) is 16.8. The van der Waals surface area contributed by atoms with Crippen LogP contribution in [-0.4, -0.2) is 37.0 Å². The molecule has 0 bridgehead atoms. The van der Waals surface area contributed by atoms with E-state index in [1.165, 1.54) is 17.7 Å². The summed E-state index contributed by atoms with van der Waals surface area (Å²) in [5.41, 5.74) is 0. The number of likely N-dealkylation sites (tertiary alicyclic amines) is 1. The van der Waals surface area contributed by atoms with E-state index >= 15 is 0 Å². The van der Waals surface area contributed by atoms with E-state index in [1.807, 2.05) is 11.3 Å². The van der Waals surface area contributed by atoms with E-state index in [0.717, 1.165) is 32.1 Å². The van der Waals surface area contributed by atoms with Gasteiger partial charge in [-0.1, -0.05) is 13.0 Å². The highest BCUT2D eigenvalue weighted by Crippen LogP contribution is 2.21. The Hall–Kier alpha value is -0.300. The second kappa shape index (κ2) is 8.79. The van der Waals surface area contributed by atoms with E-state index in [0.29, 0.717) is 5.92 Å². The van der Waals surface area contributed by atoms with Gasteiger partial charge < -0.3 is 10.2 Å². The van der Waals surface area contributed by atoms with Crippen molar-refractivity contribution in [3.63, 3.8) is 0 Å². The van der Waals surface area contributed by atoms with E-state index in [4.69, 9.17) is 4.99 Å². The zero-order valence-electron chi connectivity index (χ0n) is 11.8. The Morgan fingerprint density at radius 1 is 1.47 bits per heavy atom. The molecule has 0 amide bonds. The maximum absolute atomic E-state index is 4.79. The van der Waals surface area contributed by atoms with Crippen molar-refractivity contribution in [3.05, 3.63) is 22.4 Å². The highest BCUT2D eigenvalue weighted by Gasteiger charge is 2.16. The summed E-state index contributed by atoms with van der Waals surface area (Å²) in [5, 5.41) is 5.54. The minimum atomic E-state index is 0. The molecule has 19 heavy (non-hydrogen) atoms. The number of hydrogen-bond acceptors (Lipinski definition) is 2. The molecule has 1 unspecified atom stereocenters. The van der Waals surface area contributed by atoms with Crippen molar-refractivity contribution in [2.45, 2.75) is 32.6 Å². The lowest BCUT2D eigenvalue weighted by Gasteiger charge is -2.21. The Balaban J connectivity index is 0.00000180. The van der Waals surface area contributed by atoms with Crippen LogP contribution in [0.2, 0.25) is 0 Å². The van der Waals surface area contributed by atoms with E-state index in [-0.39, 0.29) is 24.0 Å². The number of nitrogens with zero attached hydrogens (tertiary/aromatic N) is 2. The van der Waals surface area contributed by atoms with E-state index in [9.17, 15) is 0 Å². The standard InChI is InChI=1S/C14H23N3S.HI/c1-3-15-14(17-8-4-5-9-17)16-11-12(2)13-7-6-10-18-13;/h6-7,10,12H,3-5,8-9,11H2,1-2H3,(H,15,16);1H. The molecular formula is C14H24IN3S. The number of guanidine groups is 1. The average molecular weight is 393 g/mol. The summed E-state index contributed by atoms with van der Waals surface area (Å²) in [6, 6.07) is 4.32. The topological polar surface area (TPSA) is 27.6 Å². The van der Waals surface area contributed by atoms with Gasteiger partial charge in [-0.2, -0.15) is 0 Å². The molecule has 0 spiro atoms. The maximum atomic E-state index is 4.79. The van der Waals surface area contributed by atoms with E-state index < -0.39 is 0 Å². The van der Waals surface area contributed by atoms with Crippen LogP contribution in [0.5, 0.6) is 0 Å². The van der Waals surface area contributed by atoms with Crippen LogP contribution in [0.4, 0.5) is 0 Å². The minimum absolute atomic E-state index is 0. The van der Waals surface area contributed by atoms with Gasteiger partial charge in [-0.15, -0.1) is 35.3 Å². The molecule has 1 atom stereocenters. The van der Waals surface area contributed by atoms with Crippen LogP contribution < -0.4 is 5.32 Å². The number of aliphatic imine (C=N–C) groups is 1. The van der Waals surface area contributed by atoms with Gasteiger partial charge in [-0.25, -0.2) is 0 Å². The second-order valence-electron chi connectivity index (χ2n) is 4.81. The van der Waals surface area contributed by atoms with Gasteiger partial charge in [0.05, 0.1) is 6.54 Å². The van der Waals surface area contributed by atoms with Gasteiger partial charge in [0.15, 0.2) is 5.96 Å². The fourth-order valence-electron chi connectivity index (χ4n) is 2.24. The van der Waals surface area contributed by atoms with Crippen LogP contribution >= 0.6 is 35.3 Å². The molecule has 0 aliphatic carbocycles. The maximum Gasteiger partial charge on any atom is 0.193 e. The predicted molar refractivity (Wildman–Crippen MR) is 94.9 cm³/mol. The molecule has 3 nitrogen and oxygen atoms in total. The zero-order chi connectivity index (χ0) is 12.8. The molecule has 108 valence electrons. The molecule has 0 radical (unpaired) electrons. The van der Waals surface area contributed by atoms with Crippen LogP contribution in [0.25, 0.3) is 0 Å². The number of nitrogens with one attached hydrogen (secondary N) is 1. The van der Waals surface area contributed by atoms with Gasteiger partial charge in [-0.3, -0.25) is 4.99 Å². The largest absolute Gasteiger partial charge is 0.357 e. The van der Waals surface area contributed by atoms with Crippen molar-refractivity contribution < 1.29 is 0 Å². The summed E-state index contributed by atoms with van der Waals surface area (Å²) >= 11 is 1.83. The van der Waals surface area contributed by atoms with Gasteiger partial charge in [0, 0.05) is 30.4 Å². The number of halogens is 1. The first-order valence-corrected chi connectivity index (χ1v) is 7.76. The lowest BCUT2D eigenvalue weighted by Crippen LogP contribution is -2.39. The molecule has 1 aliphatic rings. The third kappa shape index (κ3) is 4.95. The third-order valence-electron chi connectivity index (χ3n) is 3.28. The summed E-state index contributed by atoms with van der Waals surface area (Å²) in [7, 11) is 0. The van der Waals surface area contributed by atoms with Gasteiger partial charge in [0.25, 0.3) is 0 Å². The smallest absolute Gasteiger partial charge is 0.193 e. The van der Waals surface area contributed by atoms with Gasteiger partial charge in [0.2, 0.25) is 0 Å². The minimum Gasteiger partial charge on any atom is -0.357 e. The number of hydrogen-bond donors (Lipinski definition) is 1. The second-order valence-corrected chi connectivity index (χ2v) is 5.78. The molecule has 1 aromatic rings.